The predicted octanol–water partition coefficient (Wildman–Crippen LogP) is 2.54. The molecule has 1 aliphatic rings. The summed E-state index contributed by atoms with van der Waals surface area (Å²) in [4.78, 5) is 24.9. The maximum atomic E-state index is 14.1. The van der Waals surface area contributed by atoms with Crippen molar-refractivity contribution in [2.45, 2.75) is 45.6 Å². The zero-order chi connectivity index (χ0) is 19.4. The van der Waals surface area contributed by atoms with Crippen molar-refractivity contribution in [1.82, 2.24) is 9.88 Å². The van der Waals surface area contributed by atoms with Crippen LogP contribution in [-0.4, -0.2) is 34.5 Å². The fourth-order valence-corrected chi connectivity index (χ4v) is 3.74. The summed E-state index contributed by atoms with van der Waals surface area (Å²) >= 11 is 0. The number of hydrogen-bond donors (Lipinski definition) is 2. The van der Waals surface area contributed by atoms with E-state index in [1.165, 1.54) is 6.07 Å². The number of nitrogens with zero attached hydrogens (tertiary/aromatic N) is 1. The number of Topliss-reactive ketones (excluding diaryl/α,β-unsaturated/α-hetero) is 1. The Morgan fingerprint density at radius 3 is 2.81 bits per heavy atom. The van der Waals surface area contributed by atoms with E-state index in [4.69, 9.17) is 5.11 Å². The molecule has 0 saturated carbocycles. The average Bonchev–Trinajstić information content (AvgIpc) is 2.90. The number of nitrogens with one attached hydrogen (secondary N) is 1. The van der Waals surface area contributed by atoms with E-state index in [9.17, 15) is 14.0 Å². The van der Waals surface area contributed by atoms with Crippen molar-refractivity contribution < 1.29 is 19.1 Å². The third kappa shape index (κ3) is 4.11. The van der Waals surface area contributed by atoms with Gasteiger partial charge in [-0.05, 0) is 37.8 Å². The summed E-state index contributed by atoms with van der Waals surface area (Å²) in [6, 6.07) is 6.63. The number of aliphatic hydroxyl groups is 1. The van der Waals surface area contributed by atoms with Crippen molar-refractivity contribution in [3.05, 3.63) is 58.2 Å². The first-order chi connectivity index (χ1) is 13.0. The molecule has 3 rings (SSSR count). The number of aliphatic hydroxyl groups excluding tert-OH is 1. The molecule has 2 aromatic rings. The molecular formula is C21H25FN2O3. The molecule has 0 bridgehead atoms. The number of amides is 1. The van der Waals surface area contributed by atoms with Crippen LogP contribution in [0.25, 0.3) is 0 Å². The minimum absolute atomic E-state index is 0.0200. The lowest BCUT2D eigenvalue weighted by atomic mass is 9.92. The van der Waals surface area contributed by atoms with E-state index < -0.39 is 0 Å². The number of carbonyl (C=O) groups excluding carboxylic acids is 2. The monoisotopic (exact) mass is 372 g/mol. The number of ketones is 1. The molecule has 2 N–H and O–H groups in total. The van der Waals surface area contributed by atoms with E-state index in [1.807, 2.05) is 11.5 Å². The van der Waals surface area contributed by atoms with E-state index in [1.54, 1.807) is 18.2 Å². The average molecular weight is 372 g/mol. The smallest absolute Gasteiger partial charge is 0.224 e. The first-order valence-corrected chi connectivity index (χ1v) is 9.38. The molecule has 144 valence electrons. The molecule has 5 nitrogen and oxygen atoms in total. The van der Waals surface area contributed by atoms with E-state index in [0.29, 0.717) is 37.1 Å². The van der Waals surface area contributed by atoms with Crippen molar-refractivity contribution in [2.75, 3.05) is 13.2 Å². The molecule has 1 aromatic heterocycles. The molecular weight excluding hydrogens is 347 g/mol. The Balaban J connectivity index is 1.94. The van der Waals surface area contributed by atoms with E-state index in [2.05, 4.69) is 5.32 Å². The number of aromatic nitrogens is 1. The second kappa shape index (κ2) is 8.48. The van der Waals surface area contributed by atoms with Gasteiger partial charge in [-0.1, -0.05) is 18.2 Å². The van der Waals surface area contributed by atoms with Gasteiger partial charge in [0.15, 0.2) is 5.78 Å². The molecule has 1 aromatic carbocycles. The van der Waals surface area contributed by atoms with Gasteiger partial charge >= 0.3 is 0 Å². The van der Waals surface area contributed by atoms with Crippen LogP contribution in [0.4, 0.5) is 4.39 Å². The van der Waals surface area contributed by atoms with Gasteiger partial charge in [0.2, 0.25) is 5.91 Å². The first-order valence-electron chi connectivity index (χ1n) is 9.38. The highest BCUT2D eigenvalue weighted by atomic mass is 19.1. The lowest BCUT2D eigenvalue weighted by Gasteiger charge is -2.16. The summed E-state index contributed by atoms with van der Waals surface area (Å²) in [6.07, 6.45) is 2.62. The molecule has 0 aliphatic heterocycles. The maximum absolute atomic E-state index is 14.1. The molecule has 0 fully saturated rings. The van der Waals surface area contributed by atoms with Crippen LogP contribution in [0.1, 0.15) is 52.1 Å². The van der Waals surface area contributed by atoms with Gasteiger partial charge in [-0.3, -0.25) is 9.59 Å². The molecule has 0 unspecified atom stereocenters. The van der Waals surface area contributed by atoms with Crippen LogP contribution >= 0.6 is 0 Å². The standard InChI is InChI=1S/C21H25FN2O3/c1-14-16(12-20(27)23-10-5-11-25)21-18(8-4-9-19(21)26)24(14)13-15-6-2-3-7-17(15)22/h2-3,6-7,25H,4-5,8-13H2,1H3,(H,23,27). The first kappa shape index (κ1) is 19.3. The van der Waals surface area contributed by atoms with Crippen molar-refractivity contribution in [3.63, 3.8) is 0 Å². The summed E-state index contributed by atoms with van der Waals surface area (Å²) in [5.41, 5.74) is 3.70. The largest absolute Gasteiger partial charge is 0.396 e. The van der Waals surface area contributed by atoms with E-state index >= 15 is 0 Å². The van der Waals surface area contributed by atoms with Crippen molar-refractivity contribution in [1.29, 1.82) is 0 Å². The Morgan fingerprint density at radius 1 is 1.30 bits per heavy atom. The van der Waals surface area contributed by atoms with Gasteiger partial charge in [0.25, 0.3) is 0 Å². The van der Waals surface area contributed by atoms with Gasteiger partial charge in [0.1, 0.15) is 5.82 Å². The van der Waals surface area contributed by atoms with Crippen LogP contribution in [0, 0.1) is 12.7 Å². The van der Waals surface area contributed by atoms with Crippen LogP contribution in [0.15, 0.2) is 24.3 Å². The molecule has 1 heterocycles. The Hall–Kier alpha value is -2.47. The number of carbonyl (C=O) groups is 2. The highest BCUT2D eigenvalue weighted by molar-refractivity contribution is 6.01. The topological polar surface area (TPSA) is 71.3 Å². The molecule has 0 spiro atoms. The van der Waals surface area contributed by atoms with Gasteiger partial charge in [-0.15, -0.1) is 0 Å². The van der Waals surface area contributed by atoms with Gasteiger partial charge in [0.05, 0.1) is 13.0 Å². The summed E-state index contributed by atoms with van der Waals surface area (Å²) in [5, 5.41) is 11.6. The molecule has 27 heavy (non-hydrogen) atoms. The van der Waals surface area contributed by atoms with E-state index in [0.717, 1.165) is 29.8 Å². The fourth-order valence-electron chi connectivity index (χ4n) is 3.74. The van der Waals surface area contributed by atoms with Crippen LogP contribution < -0.4 is 5.32 Å². The van der Waals surface area contributed by atoms with Crippen LogP contribution in [0.2, 0.25) is 0 Å². The zero-order valence-electron chi connectivity index (χ0n) is 15.6. The number of fused-ring (bicyclic) bond motifs is 1. The lowest BCUT2D eigenvalue weighted by Crippen LogP contribution is -2.27. The molecule has 1 amide bonds. The highest BCUT2D eigenvalue weighted by Gasteiger charge is 2.29. The summed E-state index contributed by atoms with van der Waals surface area (Å²) in [5.74, 6) is -0.384. The number of halogens is 1. The number of hydrogen-bond acceptors (Lipinski definition) is 3. The molecule has 1 aliphatic carbocycles. The Kier molecular flexibility index (Phi) is 6.06. The van der Waals surface area contributed by atoms with E-state index in [-0.39, 0.29) is 30.5 Å². The minimum Gasteiger partial charge on any atom is -0.396 e. The van der Waals surface area contributed by atoms with Gasteiger partial charge in [0, 0.05) is 42.1 Å². The minimum atomic E-state index is -0.273. The van der Waals surface area contributed by atoms with Crippen molar-refractivity contribution in [2.24, 2.45) is 0 Å². The highest BCUT2D eigenvalue weighted by Crippen LogP contribution is 2.31. The van der Waals surface area contributed by atoms with Crippen LogP contribution in [-0.2, 0) is 24.2 Å². The molecule has 0 radical (unpaired) electrons. The predicted molar refractivity (Wildman–Crippen MR) is 100 cm³/mol. The second-order valence-corrected chi connectivity index (χ2v) is 6.94. The number of benzene rings is 1. The number of rotatable bonds is 7. The quantitative estimate of drug-likeness (QED) is 0.734. The SMILES string of the molecule is Cc1c(CC(=O)NCCCO)c2c(n1Cc1ccccc1F)CCCC2=O. The summed E-state index contributed by atoms with van der Waals surface area (Å²) < 4.78 is 16.1. The molecule has 0 atom stereocenters. The third-order valence-electron chi connectivity index (χ3n) is 5.13. The van der Waals surface area contributed by atoms with Gasteiger partial charge < -0.3 is 15.0 Å². The second-order valence-electron chi connectivity index (χ2n) is 6.94. The van der Waals surface area contributed by atoms with Crippen molar-refractivity contribution in [3.8, 4) is 0 Å². The van der Waals surface area contributed by atoms with Gasteiger partial charge in [-0.25, -0.2) is 4.39 Å². The molecule has 6 heteroatoms. The third-order valence-corrected chi connectivity index (χ3v) is 5.13. The Morgan fingerprint density at radius 2 is 2.07 bits per heavy atom. The Labute approximate surface area is 158 Å². The molecule has 0 saturated heterocycles. The fraction of sp³-hybridized carbons (Fsp3) is 0.429. The Bertz CT molecular complexity index is 857. The zero-order valence-corrected chi connectivity index (χ0v) is 15.6. The van der Waals surface area contributed by atoms with Crippen molar-refractivity contribution >= 4 is 11.7 Å². The summed E-state index contributed by atoms with van der Waals surface area (Å²) in [7, 11) is 0. The maximum Gasteiger partial charge on any atom is 0.224 e. The summed E-state index contributed by atoms with van der Waals surface area (Å²) in [6.45, 7) is 2.66. The lowest BCUT2D eigenvalue weighted by molar-refractivity contribution is -0.120. The van der Waals surface area contributed by atoms with Crippen LogP contribution in [0.5, 0.6) is 0 Å². The van der Waals surface area contributed by atoms with Crippen LogP contribution in [0.3, 0.4) is 0 Å². The van der Waals surface area contributed by atoms with Gasteiger partial charge in [-0.2, -0.15) is 0 Å². The normalized spacial score (nSPS) is 13.5.